The molecule has 1 aromatic heterocycles. The molecule has 24 heavy (non-hydrogen) atoms. The molecular formula is C18H19BrN2O3. The van der Waals surface area contributed by atoms with E-state index in [1.165, 1.54) is 19.0 Å². The van der Waals surface area contributed by atoms with Gasteiger partial charge in [-0.1, -0.05) is 12.1 Å². The normalized spacial score (nSPS) is 14.4. The van der Waals surface area contributed by atoms with Gasteiger partial charge < -0.3 is 14.8 Å². The van der Waals surface area contributed by atoms with Crippen LogP contribution in [0.4, 0.5) is 5.69 Å². The van der Waals surface area contributed by atoms with Gasteiger partial charge in [0.1, 0.15) is 5.69 Å². The van der Waals surface area contributed by atoms with E-state index >= 15 is 0 Å². The van der Waals surface area contributed by atoms with Crippen molar-refractivity contribution < 1.29 is 14.3 Å². The van der Waals surface area contributed by atoms with Gasteiger partial charge in [0.25, 0.3) is 5.91 Å². The Kier molecular flexibility index (Phi) is 5.35. The number of ether oxygens (including phenoxy) is 2. The molecule has 6 heteroatoms. The van der Waals surface area contributed by atoms with Crippen LogP contribution in [-0.2, 0) is 0 Å². The van der Waals surface area contributed by atoms with Crippen molar-refractivity contribution in [1.82, 2.24) is 4.98 Å². The first-order valence-electron chi connectivity index (χ1n) is 7.94. The number of hydrogen-bond acceptors (Lipinski definition) is 4. The van der Waals surface area contributed by atoms with Gasteiger partial charge in [-0.25, -0.2) is 4.98 Å². The molecule has 0 spiro atoms. The van der Waals surface area contributed by atoms with Crippen LogP contribution in [0.2, 0.25) is 0 Å². The minimum Gasteiger partial charge on any atom is -0.491 e. The molecule has 1 saturated carbocycles. The van der Waals surface area contributed by atoms with Crippen molar-refractivity contribution in [2.75, 3.05) is 12.4 Å². The van der Waals surface area contributed by atoms with Crippen molar-refractivity contribution in [2.24, 2.45) is 0 Å². The van der Waals surface area contributed by atoms with Crippen molar-refractivity contribution in [2.45, 2.75) is 31.8 Å². The summed E-state index contributed by atoms with van der Waals surface area (Å²) < 4.78 is 12.1. The van der Waals surface area contributed by atoms with Crippen LogP contribution in [-0.4, -0.2) is 24.1 Å². The van der Waals surface area contributed by atoms with E-state index < -0.39 is 0 Å². The maximum absolute atomic E-state index is 12.5. The van der Waals surface area contributed by atoms with Crippen LogP contribution < -0.4 is 14.8 Å². The lowest BCUT2D eigenvalue weighted by Crippen LogP contribution is -2.16. The van der Waals surface area contributed by atoms with Gasteiger partial charge in [-0.3, -0.25) is 4.79 Å². The van der Waals surface area contributed by atoms with E-state index in [1.54, 1.807) is 13.2 Å². The Morgan fingerprint density at radius 2 is 2.00 bits per heavy atom. The molecule has 0 aliphatic heterocycles. The van der Waals surface area contributed by atoms with Gasteiger partial charge in [0.05, 0.1) is 25.1 Å². The number of carbonyl (C=O) groups is 1. The Labute approximate surface area is 149 Å². The highest BCUT2D eigenvalue weighted by atomic mass is 79.9. The molecule has 1 aromatic carbocycles. The lowest BCUT2D eigenvalue weighted by atomic mass is 10.2. The second-order valence-electron chi connectivity index (χ2n) is 5.68. The zero-order valence-electron chi connectivity index (χ0n) is 13.4. The second-order valence-corrected chi connectivity index (χ2v) is 6.53. The first-order chi connectivity index (χ1) is 11.7. The maximum Gasteiger partial charge on any atom is 0.274 e. The number of pyridine rings is 1. The summed E-state index contributed by atoms with van der Waals surface area (Å²) in [6.45, 7) is 0. The highest BCUT2D eigenvalue weighted by Gasteiger charge is 2.20. The van der Waals surface area contributed by atoms with E-state index in [-0.39, 0.29) is 12.0 Å². The lowest BCUT2D eigenvalue weighted by molar-refractivity contribution is 0.102. The Hall–Kier alpha value is -2.08. The number of anilines is 1. The number of nitrogens with one attached hydrogen (secondary N) is 1. The molecule has 1 amide bonds. The molecular weight excluding hydrogens is 372 g/mol. The van der Waals surface area contributed by atoms with Gasteiger partial charge >= 0.3 is 0 Å². The monoisotopic (exact) mass is 390 g/mol. The molecule has 0 radical (unpaired) electrons. The average molecular weight is 391 g/mol. The van der Waals surface area contributed by atoms with Crippen LogP contribution >= 0.6 is 15.9 Å². The number of benzene rings is 1. The van der Waals surface area contributed by atoms with Gasteiger partial charge in [0, 0.05) is 10.5 Å². The van der Waals surface area contributed by atoms with E-state index in [1.807, 2.05) is 24.3 Å². The summed E-state index contributed by atoms with van der Waals surface area (Å²) in [7, 11) is 1.57. The third-order valence-corrected chi connectivity index (χ3v) is 4.69. The van der Waals surface area contributed by atoms with Crippen LogP contribution in [0.5, 0.6) is 11.5 Å². The molecule has 0 bridgehead atoms. The number of nitrogens with zero attached hydrogens (tertiary/aromatic N) is 1. The second kappa shape index (κ2) is 7.66. The van der Waals surface area contributed by atoms with Crippen molar-refractivity contribution in [3.05, 3.63) is 46.7 Å². The Bertz CT molecular complexity index is 730. The summed E-state index contributed by atoms with van der Waals surface area (Å²) in [5.74, 6) is 0.817. The molecule has 126 valence electrons. The topological polar surface area (TPSA) is 60.5 Å². The summed E-state index contributed by atoms with van der Waals surface area (Å²) in [6.07, 6.45) is 6.12. The molecule has 0 unspecified atom stereocenters. The molecule has 0 saturated heterocycles. The van der Waals surface area contributed by atoms with Crippen LogP contribution in [0.15, 0.2) is 41.0 Å². The summed E-state index contributed by atoms with van der Waals surface area (Å²) in [4.78, 5) is 16.6. The molecule has 1 heterocycles. The fourth-order valence-corrected chi connectivity index (χ4v) is 3.11. The molecule has 1 fully saturated rings. The number of carbonyl (C=O) groups excluding carboxylic acids is 1. The van der Waals surface area contributed by atoms with Crippen LogP contribution in [0.1, 0.15) is 36.2 Å². The fraction of sp³-hybridized carbons (Fsp3) is 0.333. The van der Waals surface area contributed by atoms with Gasteiger partial charge in [0.2, 0.25) is 0 Å². The van der Waals surface area contributed by atoms with E-state index in [2.05, 4.69) is 26.2 Å². The zero-order chi connectivity index (χ0) is 16.9. The minimum absolute atomic E-state index is 0.181. The Balaban J connectivity index is 1.79. The van der Waals surface area contributed by atoms with Crippen molar-refractivity contribution in [3.8, 4) is 11.5 Å². The van der Waals surface area contributed by atoms with Crippen molar-refractivity contribution >= 4 is 27.5 Å². The quantitative estimate of drug-likeness (QED) is 0.820. The predicted molar refractivity (Wildman–Crippen MR) is 95.8 cm³/mol. The summed E-state index contributed by atoms with van der Waals surface area (Å²) >= 11 is 3.41. The first kappa shape index (κ1) is 16.8. The van der Waals surface area contributed by atoms with Gasteiger partial charge in [0.15, 0.2) is 11.5 Å². The van der Waals surface area contributed by atoms with Crippen LogP contribution in [0.25, 0.3) is 0 Å². The molecule has 1 aliphatic carbocycles. The van der Waals surface area contributed by atoms with Crippen molar-refractivity contribution in [1.29, 1.82) is 0 Å². The van der Waals surface area contributed by atoms with E-state index in [4.69, 9.17) is 9.47 Å². The number of hydrogen-bond donors (Lipinski definition) is 1. The van der Waals surface area contributed by atoms with Crippen LogP contribution in [0.3, 0.4) is 0 Å². The maximum atomic E-state index is 12.5. The summed E-state index contributed by atoms with van der Waals surface area (Å²) in [5, 5.41) is 2.84. The summed E-state index contributed by atoms with van der Waals surface area (Å²) in [6, 6.07) is 9.08. The standard InChI is InChI=1S/C18H19BrN2O3/c1-23-17-11-20-15(10-16(17)24-12-6-2-3-7-12)18(22)21-14-9-5-4-8-13(14)19/h4-5,8-12H,2-3,6-7H2,1H3,(H,21,22). The lowest BCUT2D eigenvalue weighted by Gasteiger charge is -2.16. The molecule has 1 N–H and O–H groups in total. The van der Waals surface area contributed by atoms with Gasteiger partial charge in [-0.2, -0.15) is 0 Å². The highest BCUT2D eigenvalue weighted by Crippen LogP contribution is 2.31. The summed E-state index contributed by atoms with van der Waals surface area (Å²) in [5.41, 5.74) is 0.984. The van der Waals surface area contributed by atoms with E-state index in [0.717, 1.165) is 17.3 Å². The average Bonchev–Trinajstić information content (AvgIpc) is 3.10. The molecule has 5 nitrogen and oxygen atoms in total. The van der Waals surface area contributed by atoms with E-state index in [0.29, 0.717) is 22.9 Å². The third-order valence-electron chi connectivity index (χ3n) is 4.00. The zero-order valence-corrected chi connectivity index (χ0v) is 15.0. The van der Waals surface area contributed by atoms with Gasteiger partial charge in [-0.05, 0) is 53.7 Å². The molecule has 0 atom stereocenters. The van der Waals surface area contributed by atoms with Gasteiger partial charge in [-0.15, -0.1) is 0 Å². The molecule has 1 aliphatic rings. The van der Waals surface area contributed by atoms with Crippen molar-refractivity contribution in [3.63, 3.8) is 0 Å². The number of para-hydroxylation sites is 1. The largest absolute Gasteiger partial charge is 0.491 e. The number of aromatic nitrogens is 1. The van der Waals surface area contributed by atoms with Crippen LogP contribution in [0, 0.1) is 0 Å². The molecule has 3 rings (SSSR count). The number of amides is 1. The third kappa shape index (κ3) is 3.87. The van der Waals surface area contributed by atoms with E-state index in [9.17, 15) is 4.79 Å². The molecule has 2 aromatic rings. The predicted octanol–water partition coefficient (Wildman–Crippen LogP) is 4.43. The highest BCUT2D eigenvalue weighted by molar-refractivity contribution is 9.10. The number of methoxy groups -OCH3 is 1. The first-order valence-corrected chi connectivity index (χ1v) is 8.73. The Morgan fingerprint density at radius 1 is 1.25 bits per heavy atom. The fourth-order valence-electron chi connectivity index (χ4n) is 2.73. The smallest absolute Gasteiger partial charge is 0.274 e. The Morgan fingerprint density at radius 3 is 2.71 bits per heavy atom. The number of halogens is 1. The SMILES string of the molecule is COc1cnc(C(=O)Nc2ccccc2Br)cc1OC1CCCC1. The number of rotatable bonds is 5. The minimum atomic E-state index is -0.291.